The van der Waals surface area contributed by atoms with Gasteiger partial charge in [-0.3, -0.25) is 9.59 Å². The summed E-state index contributed by atoms with van der Waals surface area (Å²) in [5.41, 5.74) is 0.827. The second-order valence-electron chi connectivity index (χ2n) is 5.91. The quantitative estimate of drug-likeness (QED) is 0.843. The van der Waals surface area contributed by atoms with Gasteiger partial charge in [-0.05, 0) is 32.1 Å². The van der Waals surface area contributed by atoms with E-state index in [1.54, 1.807) is 0 Å². The molecule has 0 aromatic carbocycles. The van der Waals surface area contributed by atoms with Crippen molar-refractivity contribution in [3.8, 4) is 0 Å². The van der Waals surface area contributed by atoms with Crippen LogP contribution in [0.4, 0.5) is 0 Å². The maximum absolute atomic E-state index is 12.5. The summed E-state index contributed by atoms with van der Waals surface area (Å²) in [6, 6.07) is 1.67. The molecule has 1 amide bonds. The van der Waals surface area contributed by atoms with Crippen molar-refractivity contribution in [3.63, 3.8) is 0 Å². The van der Waals surface area contributed by atoms with E-state index in [9.17, 15) is 9.59 Å². The Morgan fingerprint density at radius 1 is 1.37 bits per heavy atom. The van der Waals surface area contributed by atoms with Crippen LogP contribution in [0.15, 0.2) is 17.1 Å². The van der Waals surface area contributed by atoms with E-state index in [0.717, 1.165) is 18.7 Å². The van der Waals surface area contributed by atoms with Gasteiger partial charge < -0.3 is 9.88 Å². The standard InChI is InChI=1S/C15H22N2O2/c1-9-5-10(2)12(4)17(8-9)15(19)13-7-16-11(3)6-14(13)18/h6-7,9-10,12H,5,8H2,1-4H3,(H,16,18). The first-order chi connectivity index (χ1) is 8.90. The number of carbonyl (C=O) groups is 1. The summed E-state index contributed by atoms with van der Waals surface area (Å²) < 4.78 is 0. The van der Waals surface area contributed by atoms with Crippen LogP contribution in [0.5, 0.6) is 0 Å². The summed E-state index contributed by atoms with van der Waals surface area (Å²) in [6.45, 7) is 8.93. The molecule has 0 spiro atoms. The second kappa shape index (κ2) is 5.19. The minimum absolute atomic E-state index is 0.146. The number of amides is 1. The average molecular weight is 262 g/mol. The van der Waals surface area contributed by atoms with E-state index in [1.807, 2.05) is 11.8 Å². The van der Waals surface area contributed by atoms with Crippen LogP contribution in [-0.4, -0.2) is 28.4 Å². The number of likely N-dealkylation sites (tertiary alicyclic amines) is 1. The molecule has 1 aliphatic rings. The van der Waals surface area contributed by atoms with Crippen molar-refractivity contribution in [2.45, 2.75) is 40.2 Å². The van der Waals surface area contributed by atoms with Gasteiger partial charge in [0.1, 0.15) is 5.56 Å². The number of aromatic amines is 1. The van der Waals surface area contributed by atoms with Crippen molar-refractivity contribution >= 4 is 5.91 Å². The molecule has 0 radical (unpaired) electrons. The maximum Gasteiger partial charge on any atom is 0.259 e. The summed E-state index contributed by atoms with van der Waals surface area (Å²) in [7, 11) is 0. The van der Waals surface area contributed by atoms with Gasteiger partial charge in [0.2, 0.25) is 0 Å². The Balaban J connectivity index is 2.30. The van der Waals surface area contributed by atoms with Crippen molar-refractivity contribution in [2.75, 3.05) is 6.54 Å². The Hall–Kier alpha value is -1.58. The van der Waals surface area contributed by atoms with Crippen LogP contribution < -0.4 is 5.43 Å². The lowest BCUT2D eigenvalue weighted by Gasteiger charge is -2.41. The molecule has 1 saturated heterocycles. The number of pyridine rings is 1. The number of aromatic nitrogens is 1. The van der Waals surface area contributed by atoms with E-state index in [0.29, 0.717) is 11.8 Å². The van der Waals surface area contributed by atoms with Crippen LogP contribution in [0.3, 0.4) is 0 Å². The Morgan fingerprint density at radius 3 is 2.68 bits per heavy atom. The van der Waals surface area contributed by atoms with Gasteiger partial charge in [-0.25, -0.2) is 0 Å². The number of H-pyrrole nitrogens is 1. The van der Waals surface area contributed by atoms with Crippen LogP contribution in [0.1, 0.15) is 43.2 Å². The zero-order valence-electron chi connectivity index (χ0n) is 12.1. The Bertz CT molecular complexity index is 535. The lowest BCUT2D eigenvalue weighted by molar-refractivity contribution is 0.0454. The molecule has 0 bridgehead atoms. The predicted octanol–water partition coefficient (Wildman–Crippen LogP) is 2.19. The predicted molar refractivity (Wildman–Crippen MR) is 75.2 cm³/mol. The Kier molecular flexibility index (Phi) is 3.78. The third-order valence-corrected chi connectivity index (χ3v) is 4.15. The van der Waals surface area contributed by atoms with E-state index in [4.69, 9.17) is 0 Å². The van der Waals surface area contributed by atoms with Gasteiger partial charge in [0.05, 0.1) is 0 Å². The molecule has 19 heavy (non-hydrogen) atoms. The van der Waals surface area contributed by atoms with Crippen LogP contribution in [0.2, 0.25) is 0 Å². The van der Waals surface area contributed by atoms with Gasteiger partial charge in [0, 0.05) is 30.5 Å². The molecule has 4 nitrogen and oxygen atoms in total. The third-order valence-electron chi connectivity index (χ3n) is 4.15. The van der Waals surface area contributed by atoms with E-state index in [1.165, 1.54) is 12.3 Å². The van der Waals surface area contributed by atoms with Crippen LogP contribution in [0.25, 0.3) is 0 Å². The molecular weight excluding hydrogens is 240 g/mol. The minimum Gasteiger partial charge on any atom is -0.364 e. The Morgan fingerprint density at radius 2 is 2.05 bits per heavy atom. The number of rotatable bonds is 1. The van der Waals surface area contributed by atoms with Gasteiger partial charge in [0.15, 0.2) is 5.43 Å². The first kappa shape index (κ1) is 13.8. The molecule has 104 valence electrons. The van der Waals surface area contributed by atoms with E-state index < -0.39 is 0 Å². The number of aryl methyl sites for hydroxylation is 1. The van der Waals surface area contributed by atoms with Gasteiger partial charge >= 0.3 is 0 Å². The minimum atomic E-state index is -0.195. The largest absolute Gasteiger partial charge is 0.364 e. The number of hydrogen-bond donors (Lipinski definition) is 1. The van der Waals surface area contributed by atoms with Gasteiger partial charge in [-0.15, -0.1) is 0 Å². The monoisotopic (exact) mass is 262 g/mol. The number of nitrogens with zero attached hydrogens (tertiary/aromatic N) is 1. The van der Waals surface area contributed by atoms with Crippen molar-refractivity contribution in [3.05, 3.63) is 33.7 Å². The van der Waals surface area contributed by atoms with Gasteiger partial charge in [0.25, 0.3) is 5.91 Å². The average Bonchev–Trinajstić information content (AvgIpc) is 2.33. The molecule has 1 aromatic rings. The highest BCUT2D eigenvalue weighted by atomic mass is 16.2. The summed E-state index contributed by atoms with van der Waals surface area (Å²) in [5.74, 6) is 0.809. The molecule has 2 rings (SSSR count). The first-order valence-electron chi connectivity index (χ1n) is 6.90. The molecule has 1 fully saturated rings. The molecule has 1 aromatic heterocycles. The maximum atomic E-state index is 12.5. The molecule has 3 unspecified atom stereocenters. The normalized spacial score (nSPS) is 27.4. The molecule has 1 N–H and O–H groups in total. The third kappa shape index (κ3) is 2.72. The van der Waals surface area contributed by atoms with Crippen molar-refractivity contribution in [1.82, 2.24) is 9.88 Å². The fraction of sp³-hybridized carbons (Fsp3) is 0.600. The highest BCUT2D eigenvalue weighted by Gasteiger charge is 2.33. The number of carbonyl (C=O) groups excluding carboxylic acids is 1. The smallest absolute Gasteiger partial charge is 0.259 e. The second-order valence-corrected chi connectivity index (χ2v) is 5.91. The zero-order chi connectivity index (χ0) is 14.2. The summed E-state index contributed by atoms with van der Waals surface area (Å²) >= 11 is 0. The van der Waals surface area contributed by atoms with Gasteiger partial charge in [-0.1, -0.05) is 13.8 Å². The highest BCUT2D eigenvalue weighted by Crippen LogP contribution is 2.27. The fourth-order valence-electron chi connectivity index (χ4n) is 2.88. The zero-order valence-corrected chi connectivity index (χ0v) is 12.1. The molecule has 0 aliphatic carbocycles. The summed E-state index contributed by atoms with van der Waals surface area (Å²) in [4.78, 5) is 29.3. The first-order valence-corrected chi connectivity index (χ1v) is 6.90. The van der Waals surface area contributed by atoms with Crippen molar-refractivity contribution in [1.29, 1.82) is 0 Å². The van der Waals surface area contributed by atoms with E-state index in [2.05, 4.69) is 25.8 Å². The highest BCUT2D eigenvalue weighted by molar-refractivity contribution is 5.94. The van der Waals surface area contributed by atoms with Gasteiger partial charge in [-0.2, -0.15) is 0 Å². The topological polar surface area (TPSA) is 53.2 Å². The number of hydrogen-bond acceptors (Lipinski definition) is 2. The molecule has 1 aliphatic heterocycles. The van der Waals surface area contributed by atoms with Crippen LogP contribution >= 0.6 is 0 Å². The molecule has 4 heteroatoms. The SMILES string of the molecule is Cc1cc(=O)c(C(=O)N2CC(C)CC(C)C2C)c[nH]1. The lowest BCUT2D eigenvalue weighted by atomic mass is 9.85. The number of piperidine rings is 1. The molecule has 3 atom stereocenters. The lowest BCUT2D eigenvalue weighted by Crippen LogP contribution is -2.49. The van der Waals surface area contributed by atoms with Crippen molar-refractivity contribution in [2.24, 2.45) is 11.8 Å². The Labute approximate surface area is 113 Å². The van der Waals surface area contributed by atoms with Crippen LogP contribution in [0, 0.1) is 18.8 Å². The molecule has 0 saturated carbocycles. The van der Waals surface area contributed by atoms with E-state index >= 15 is 0 Å². The summed E-state index contributed by atoms with van der Waals surface area (Å²) in [6.07, 6.45) is 2.67. The fourth-order valence-corrected chi connectivity index (χ4v) is 2.88. The molecular formula is C15H22N2O2. The summed E-state index contributed by atoms with van der Waals surface area (Å²) in [5, 5.41) is 0. The van der Waals surface area contributed by atoms with E-state index in [-0.39, 0.29) is 22.9 Å². The van der Waals surface area contributed by atoms with Crippen molar-refractivity contribution < 1.29 is 4.79 Å². The number of nitrogens with one attached hydrogen (secondary N) is 1. The van der Waals surface area contributed by atoms with Crippen LogP contribution in [-0.2, 0) is 0 Å². The molecule has 2 heterocycles.